The van der Waals surface area contributed by atoms with Crippen molar-refractivity contribution in [1.29, 1.82) is 0 Å². The van der Waals surface area contributed by atoms with Gasteiger partial charge in [-0.2, -0.15) is 10.1 Å². The molecular formula is C16H18N6O. The number of nitrogens with two attached hydrogens (primary N) is 1. The van der Waals surface area contributed by atoms with E-state index in [4.69, 9.17) is 5.73 Å². The molecule has 0 amide bonds. The zero-order valence-corrected chi connectivity index (χ0v) is 12.5. The number of nitrogens with zero attached hydrogens (tertiary/aromatic N) is 3. The number of nitrogens with one attached hydrogen (secondary N) is 2. The van der Waals surface area contributed by atoms with Crippen molar-refractivity contribution in [3.63, 3.8) is 0 Å². The molecule has 4 rings (SSSR count). The molecule has 5 N–H and O–H groups in total. The van der Waals surface area contributed by atoms with E-state index < -0.39 is 0 Å². The van der Waals surface area contributed by atoms with Crippen LogP contribution in [0.4, 0.5) is 11.8 Å². The molecule has 0 unspecified atom stereocenters. The summed E-state index contributed by atoms with van der Waals surface area (Å²) in [7, 11) is 0. The van der Waals surface area contributed by atoms with Gasteiger partial charge in [0.25, 0.3) is 0 Å². The van der Waals surface area contributed by atoms with Gasteiger partial charge in [0.2, 0.25) is 5.95 Å². The van der Waals surface area contributed by atoms with Crippen molar-refractivity contribution in [1.82, 2.24) is 20.2 Å². The van der Waals surface area contributed by atoms with Gasteiger partial charge in [-0.3, -0.25) is 5.10 Å². The number of nitrogen functional groups attached to an aromatic ring is 1. The molecule has 2 aromatic heterocycles. The Balaban J connectivity index is 1.65. The highest BCUT2D eigenvalue weighted by molar-refractivity contribution is 5.92. The minimum atomic E-state index is -0.147. The maximum absolute atomic E-state index is 9.37. The van der Waals surface area contributed by atoms with Crippen molar-refractivity contribution in [2.45, 2.75) is 18.9 Å². The van der Waals surface area contributed by atoms with Gasteiger partial charge in [0.05, 0.1) is 17.3 Å². The molecule has 118 valence electrons. The second kappa shape index (κ2) is 5.51. The Morgan fingerprint density at radius 1 is 1.26 bits per heavy atom. The number of H-pyrrole nitrogens is 1. The summed E-state index contributed by atoms with van der Waals surface area (Å²) in [5.41, 5.74) is 8.57. The molecule has 1 fully saturated rings. The molecule has 0 bridgehead atoms. The fourth-order valence-corrected chi connectivity index (χ4v) is 2.97. The van der Waals surface area contributed by atoms with Crippen LogP contribution in [-0.4, -0.2) is 37.9 Å². The number of rotatable bonds is 4. The van der Waals surface area contributed by atoms with Crippen LogP contribution in [0, 0.1) is 5.92 Å². The largest absolute Gasteiger partial charge is 0.393 e. The van der Waals surface area contributed by atoms with Gasteiger partial charge < -0.3 is 16.2 Å². The predicted molar refractivity (Wildman–Crippen MR) is 88.8 cm³/mol. The van der Waals surface area contributed by atoms with E-state index in [-0.39, 0.29) is 12.1 Å². The van der Waals surface area contributed by atoms with E-state index in [2.05, 4.69) is 25.5 Å². The zero-order valence-electron chi connectivity index (χ0n) is 12.5. The van der Waals surface area contributed by atoms with E-state index in [1.807, 2.05) is 24.3 Å². The average Bonchev–Trinajstić information content (AvgIpc) is 3.03. The molecule has 7 nitrogen and oxygen atoms in total. The van der Waals surface area contributed by atoms with Crippen LogP contribution in [-0.2, 0) is 0 Å². The first-order chi connectivity index (χ1) is 11.2. The maximum atomic E-state index is 9.37. The van der Waals surface area contributed by atoms with Crippen LogP contribution >= 0.6 is 0 Å². The van der Waals surface area contributed by atoms with E-state index in [9.17, 15) is 5.11 Å². The summed E-state index contributed by atoms with van der Waals surface area (Å²) in [5.74, 6) is 1.47. The molecule has 0 spiro atoms. The highest BCUT2D eigenvalue weighted by Crippen LogP contribution is 2.29. The van der Waals surface area contributed by atoms with Crippen LogP contribution in [0.5, 0.6) is 0 Å². The number of benzene rings is 1. The molecule has 1 aliphatic carbocycles. The SMILES string of the molecule is Nc1nc(NC[C@H]2C[C@@H](O)C2)c2ccc(-c3ccn[nH]3)cc2n1. The molecule has 0 atom stereocenters. The van der Waals surface area contributed by atoms with Gasteiger partial charge in [0.15, 0.2) is 0 Å². The van der Waals surface area contributed by atoms with Crippen molar-refractivity contribution in [3.8, 4) is 11.3 Å². The summed E-state index contributed by atoms with van der Waals surface area (Å²) in [6.45, 7) is 0.783. The van der Waals surface area contributed by atoms with Crippen molar-refractivity contribution in [3.05, 3.63) is 30.5 Å². The molecular weight excluding hydrogens is 292 g/mol. The van der Waals surface area contributed by atoms with E-state index in [0.717, 1.165) is 47.4 Å². The summed E-state index contributed by atoms with van der Waals surface area (Å²) in [5, 5.41) is 20.6. The van der Waals surface area contributed by atoms with Crippen LogP contribution in [0.2, 0.25) is 0 Å². The maximum Gasteiger partial charge on any atom is 0.222 e. The standard InChI is InChI=1S/C16H18N6O/c17-16-20-14-7-10(13-3-4-19-22-13)1-2-12(14)15(21-16)18-8-9-5-11(23)6-9/h1-4,7,9,11,23H,5-6,8H2,(H,19,22)(H3,17,18,20,21)/t9-,11+. The first-order valence-corrected chi connectivity index (χ1v) is 7.68. The fourth-order valence-electron chi connectivity index (χ4n) is 2.97. The number of hydrogen-bond donors (Lipinski definition) is 4. The van der Waals surface area contributed by atoms with Crippen LogP contribution in [0.25, 0.3) is 22.2 Å². The Labute approximate surface area is 133 Å². The number of fused-ring (bicyclic) bond motifs is 1. The number of anilines is 2. The van der Waals surface area contributed by atoms with Gasteiger partial charge in [-0.05, 0) is 37.0 Å². The van der Waals surface area contributed by atoms with Gasteiger partial charge in [-0.1, -0.05) is 6.07 Å². The minimum Gasteiger partial charge on any atom is -0.393 e. The second-order valence-electron chi connectivity index (χ2n) is 6.00. The molecule has 2 heterocycles. The van der Waals surface area contributed by atoms with Gasteiger partial charge in [-0.25, -0.2) is 4.98 Å². The van der Waals surface area contributed by atoms with Crippen molar-refractivity contribution < 1.29 is 5.11 Å². The number of aliphatic hydroxyl groups excluding tert-OH is 1. The number of aromatic amines is 1. The zero-order chi connectivity index (χ0) is 15.8. The van der Waals surface area contributed by atoms with Gasteiger partial charge >= 0.3 is 0 Å². The Bertz CT molecular complexity index is 826. The second-order valence-corrected chi connectivity index (χ2v) is 6.00. The van der Waals surface area contributed by atoms with E-state index in [1.165, 1.54) is 0 Å². The molecule has 1 aromatic carbocycles. The molecule has 0 saturated heterocycles. The molecule has 1 saturated carbocycles. The Morgan fingerprint density at radius 3 is 2.87 bits per heavy atom. The van der Waals surface area contributed by atoms with Crippen LogP contribution in [0.3, 0.4) is 0 Å². The number of hydrogen-bond acceptors (Lipinski definition) is 6. The molecule has 3 aromatic rings. The molecule has 7 heteroatoms. The minimum absolute atomic E-state index is 0.147. The van der Waals surface area contributed by atoms with Crippen LogP contribution in [0.15, 0.2) is 30.5 Å². The first-order valence-electron chi connectivity index (χ1n) is 7.68. The first kappa shape index (κ1) is 14.0. The molecule has 23 heavy (non-hydrogen) atoms. The normalized spacial score (nSPS) is 20.4. The fraction of sp³-hybridized carbons (Fsp3) is 0.312. The monoisotopic (exact) mass is 310 g/mol. The Kier molecular flexibility index (Phi) is 3.34. The van der Waals surface area contributed by atoms with Crippen LogP contribution in [0.1, 0.15) is 12.8 Å². The lowest BCUT2D eigenvalue weighted by Gasteiger charge is -2.31. The third-order valence-corrected chi connectivity index (χ3v) is 4.29. The van der Waals surface area contributed by atoms with Crippen LogP contribution < -0.4 is 11.1 Å². The smallest absolute Gasteiger partial charge is 0.222 e. The number of aliphatic hydroxyl groups is 1. The predicted octanol–water partition coefficient (Wildman–Crippen LogP) is 1.78. The quantitative estimate of drug-likeness (QED) is 0.584. The van der Waals surface area contributed by atoms with Gasteiger partial charge in [0.1, 0.15) is 5.82 Å². The van der Waals surface area contributed by atoms with E-state index in [0.29, 0.717) is 5.92 Å². The van der Waals surface area contributed by atoms with Crippen molar-refractivity contribution in [2.75, 3.05) is 17.6 Å². The summed E-state index contributed by atoms with van der Waals surface area (Å²) in [6.07, 6.45) is 3.25. The summed E-state index contributed by atoms with van der Waals surface area (Å²) in [4.78, 5) is 8.65. The van der Waals surface area contributed by atoms with Gasteiger partial charge in [-0.15, -0.1) is 0 Å². The molecule has 1 aliphatic rings. The lowest BCUT2D eigenvalue weighted by atomic mass is 9.82. The molecule has 0 radical (unpaired) electrons. The third kappa shape index (κ3) is 2.70. The molecule has 0 aliphatic heterocycles. The highest BCUT2D eigenvalue weighted by Gasteiger charge is 2.26. The van der Waals surface area contributed by atoms with Crippen molar-refractivity contribution >= 4 is 22.7 Å². The topological polar surface area (TPSA) is 113 Å². The third-order valence-electron chi connectivity index (χ3n) is 4.29. The van der Waals surface area contributed by atoms with Gasteiger partial charge in [0, 0.05) is 23.7 Å². The Hall–Kier alpha value is -2.67. The summed E-state index contributed by atoms with van der Waals surface area (Å²) >= 11 is 0. The lowest BCUT2D eigenvalue weighted by Crippen LogP contribution is -2.33. The lowest BCUT2D eigenvalue weighted by molar-refractivity contribution is 0.0486. The summed E-state index contributed by atoms with van der Waals surface area (Å²) in [6, 6.07) is 7.88. The Morgan fingerprint density at radius 2 is 2.13 bits per heavy atom. The summed E-state index contributed by atoms with van der Waals surface area (Å²) < 4.78 is 0. The van der Waals surface area contributed by atoms with Crippen molar-refractivity contribution in [2.24, 2.45) is 5.92 Å². The van der Waals surface area contributed by atoms with E-state index in [1.54, 1.807) is 6.20 Å². The van der Waals surface area contributed by atoms with E-state index >= 15 is 0 Å². The average molecular weight is 310 g/mol. The highest BCUT2D eigenvalue weighted by atomic mass is 16.3. The number of aromatic nitrogens is 4.